The molecule has 0 spiro atoms. The SMILES string of the molecule is CC1(C)OB(c2cncc3oc4c(Cl)cccc4c23)OC1(C)C. The summed E-state index contributed by atoms with van der Waals surface area (Å²) in [4.78, 5) is 4.28. The van der Waals surface area contributed by atoms with Crippen molar-refractivity contribution in [2.45, 2.75) is 38.9 Å². The fraction of sp³-hybridized carbons (Fsp3) is 0.353. The van der Waals surface area contributed by atoms with Gasteiger partial charge in [-0.1, -0.05) is 23.7 Å². The van der Waals surface area contributed by atoms with E-state index in [2.05, 4.69) is 4.98 Å². The topological polar surface area (TPSA) is 44.5 Å². The van der Waals surface area contributed by atoms with Gasteiger partial charge in [0.1, 0.15) is 0 Å². The van der Waals surface area contributed by atoms with Crippen LogP contribution >= 0.6 is 11.6 Å². The van der Waals surface area contributed by atoms with Crippen molar-refractivity contribution in [1.29, 1.82) is 0 Å². The van der Waals surface area contributed by atoms with Crippen LogP contribution in [0.25, 0.3) is 21.9 Å². The molecule has 1 aromatic carbocycles. The van der Waals surface area contributed by atoms with E-state index in [-0.39, 0.29) is 0 Å². The fourth-order valence-corrected chi connectivity index (χ4v) is 3.10. The summed E-state index contributed by atoms with van der Waals surface area (Å²) in [6.45, 7) is 8.13. The van der Waals surface area contributed by atoms with Gasteiger partial charge in [0.05, 0.1) is 22.4 Å². The minimum absolute atomic E-state index is 0.406. The Morgan fingerprint density at radius 2 is 1.74 bits per heavy atom. The van der Waals surface area contributed by atoms with E-state index in [1.807, 2.05) is 45.9 Å². The van der Waals surface area contributed by atoms with Crippen LogP contribution in [-0.4, -0.2) is 23.3 Å². The van der Waals surface area contributed by atoms with Crippen LogP contribution in [0.3, 0.4) is 0 Å². The minimum Gasteiger partial charge on any atom is -0.453 e. The highest BCUT2D eigenvalue weighted by atomic mass is 35.5. The van der Waals surface area contributed by atoms with Gasteiger partial charge in [0, 0.05) is 22.4 Å². The van der Waals surface area contributed by atoms with E-state index in [1.165, 1.54) is 0 Å². The van der Waals surface area contributed by atoms with Gasteiger partial charge in [-0.3, -0.25) is 4.98 Å². The Morgan fingerprint density at radius 3 is 2.43 bits per heavy atom. The highest BCUT2D eigenvalue weighted by Crippen LogP contribution is 2.38. The van der Waals surface area contributed by atoms with E-state index < -0.39 is 18.3 Å². The van der Waals surface area contributed by atoms with Gasteiger partial charge in [-0.15, -0.1) is 0 Å². The molecule has 23 heavy (non-hydrogen) atoms. The van der Waals surface area contributed by atoms with Crippen molar-refractivity contribution in [3.05, 3.63) is 35.6 Å². The van der Waals surface area contributed by atoms with Crippen molar-refractivity contribution >= 4 is 46.1 Å². The summed E-state index contributed by atoms with van der Waals surface area (Å²) in [5, 5.41) is 2.47. The Balaban J connectivity index is 1.95. The van der Waals surface area contributed by atoms with Crippen LogP contribution < -0.4 is 5.46 Å². The predicted octanol–water partition coefficient (Wildman–Crippen LogP) is 3.93. The molecule has 0 atom stereocenters. The Labute approximate surface area is 139 Å². The zero-order valence-corrected chi connectivity index (χ0v) is 14.3. The number of halogens is 1. The average Bonchev–Trinajstić information content (AvgIpc) is 2.95. The predicted molar refractivity (Wildman–Crippen MR) is 92.2 cm³/mol. The van der Waals surface area contributed by atoms with Crippen LogP contribution in [0.4, 0.5) is 0 Å². The highest BCUT2D eigenvalue weighted by Gasteiger charge is 2.52. The first-order valence-corrected chi connectivity index (χ1v) is 7.98. The number of pyridine rings is 1. The quantitative estimate of drug-likeness (QED) is 0.634. The summed E-state index contributed by atoms with van der Waals surface area (Å²) in [5.74, 6) is 0. The molecule has 4 nitrogen and oxygen atoms in total. The van der Waals surface area contributed by atoms with Crippen LogP contribution in [0.2, 0.25) is 5.02 Å². The molecule has 0 radical (unpaired) electrons. The molecular formula is C17H17BClNO3. The molecule has 2 aromatic heterocycles. The summed E-state index contributed by atoms with van der Waals surface area (Å²) in [6, 6.07) is 5.71. The number of furan rings is 1. The van der Waals surface area contributed by atoms with Crippen molar-refractivity contribution in [2.24, 2.45) is 0 Å². The first kappa shape index (κ1) is 15.0. The molecule has 0 aliphatic carbocycles. The summed E-state index contributed by atoms with van der Waals surface area (Å²) >= 11 is 6.25. The standard InChI is InChI=1S/C17H17BClNO3/c1-16(2)17(3,4)23-18(22-16)11-8-20-9-13-14(11)10-6-5-7-12(19)15(10)21-13/h5-9H,1-4H3. The van der Waals surface area contributed by atoms with Crippen molar-refractivity contribution in [3.63, 3.8) is 0 Å². The lowest BCUT2D eigenvalue weighted by Crippen LogP contribution is -2.41. The minimum atomic E-state index is -0.490. The van der Waals surface area contributed by atoms with Gasteiger partial charge in [-0.05, 0) is 33.8 Å². The molecule has 0 unspecified atom stereocenters. The largest absolute Gasteiger partial charge is 0.497 e. The lowest BCUT2D eigenvalue weighted by molar-refractivity contribution is 0.00578. The molecular weight excluding hydrogens is 312 g/mol. The molecule has 1 aliphatic heterocycles. The molecule has 0 saturated carbocycles. The van der Waals surface area contributed by atoms with Crippen LogP contribution in [0.15, 0.2) is 35.0 Å². The molecule has 118 valence electrons. The maximum atomic E-state index is 6.25. The lowest BCUT2D eigenvalue weighted by atomic mass is 9.77. The van der Waals surface area contributed by atoms with E-state index in [0.29, 0.717) is 16.2 Å². The number of rotatable bonds is 1. The van der Waals surface area contributed by atoms with Gasteiger partial charge in [0.15, 0.2) is 11.2 Å². The Morgan fingerprint density at radius 1 is 1.04 bits per heavy atom. The van der Waals surface area contributed by atoms with Crippen molar-refractivity contribution in [1.82, 2.24) is 4.98 Å². The summed E-state index contributed by atoms with van der Waals surface area (Å²) < 4.78 is 18.2. The summed E-state index contributed by atoms with van der Waals surface area (Å²) in [6.07, 6.45) is 3.47. The number of hydrogen-bond acceptors (Lipinski definition) is 4. The van der Waals surface area contributed by atoms with Crippen LogP contribution in [0.1, 0.15) is 27.7 Å². The summed E-state index contributed by atoms with van der Waals surface area (Å²) in [5.41, 5.74) is 1.39. The number of hydrogen-bond donors (Lipinski definition) is 0. The van der Waals surface area contributed by atoms with Crippen LogP contribution in [-0.2, 0) is 9.31 Å². The Hall–Kier alpha value is -1.56. The third-order valence-corrected chi connectivity index (χ3v) is 5.19. The van der Waals surface area contributed by atoms with E-state index in [1.54, 1.807) is 12.4 Å². The van der Waals surface area contributed by atoms with Gasteiger partial charge in [-0.25, -0.2) is 0 Å². The van der Waals surface area contributed by atoms with Crippen LogP contribution in [0.5, 0.6) is 0 Å². The van der Waals surface area contributed by atoms with Crippen molar-refractivity contribution in [3.8, 4) is 0 Å². The molecule has 3 aromatic rings. The third-order valence-electron chi connectivity index (χ3n) is 4.90. The van der Waals surface area contributed by atoms with E-state index in [9.17, 15) is 0 Å². The normalized spacial score (nSPS) is 19.8. The van der Waals surface area contributed by atoms with Gasteiger partial charge >= 0.3 is 7.12 Å². The smallest absolute Gasteiger partial charge is 0.453 e. The second-order valence-corrected chi connectivity index (χ2v) is 7.32. The molecule has 1 saturated heterocycles. The average molecular weight is 330 g/mol. The van der Waals surface area contributed by atoms with Crippen molar-refractivity contribution in [2.75, 3.05) is 0 Å². The number of para-hydroxylation sites is 1. The van der Waals surface area contributed by atoms with Crippen molar-refractivity contribution < 1.29 is 13.7 Å². The fourth-order valence-electron chi connectivity index (χ4n) is 2.89. The molecule has 4 rings (SSSR count). The number of aromatic nitrogens is 1. The van der Waals surface area contributed by atoms with Gasteiger partial charge in [0.2, 0.25) is 0 Å². The molecule has 1 fully saturated rings. The van der Waals surface area contributed by atoms with Gasteiger partial charge in [0.25, 0.3) is 0 Å². The monoisotopic (exact) mass is 329 g/mol. The Kier molecular flexibility index (Phi) is 3.08. The number of nitrogens with zero attached hydrogens (tertiary/aromatic N) is 1. The molecule has 6 heteroatoms. The third kappa shape index (κ3) is 2.11. The Bertz CT molecular complexity index is 903. The second kappa shape index (κ2) is 4.73. The van der Waals surface area contributed by atoms with E-state index in [0.717, 1.165) is 16.2 Å². The molecule has 1 aliphatic rings. The van der Waals surface area contributed by atoms with Gasteiger partial charge < -0.3 is 13.7 Å². The second-order valence-electron chi connectivity index (χ2n) is 6.91. The zero-order chi connectivity index (χ0) is 16.4. The zero-order valence-electron chi connectivity index (χ0n) is 13.5. The maximum Gasteiger partial charge on any atom is 0.497 e. The van der Waals surface area contributed by atoms with E-state index >= 15 is 0 Å². The first-order valence-electron chi connectivity index (χ1n) is 7.60. The molecule has 3 heterocycles. The van der Waals surface area contributed by atoms with Gasteiger partial charge in [-0.2, -0.15) is 0 Å². The molecule has 0 N–H and O–H groups in total. The first-order chi connectivity index (χ1) is 10.8. The lowest BCUT2D eigenvalue weighted by Gasteiger charge is -2.32. The maximum absolute atomic E-state index is 6.25. The number of benzene rings is 1. The highest BCUT2D eigenvalue weighted by molar-refractivity contribution is 6.65. The van der Waals surface area contributed by atoms with E-state index in [4.69, 9.17) is 25.3 Å². The molecule has 0 bridgehead atoms. The summed E-state index contributed by atoms with van der Waals surface area (Å²) in [7, 11) is -0.490. The van der Waals surface area contributed by atoms with Crippen LogP contribution in [0, 0.1) is 0 Å². The molecule has 0 amide bonds. The number of fused-ring (bicyclic) bond motifs is 3.